The molecule has 0 radical (unpaired) electrons. The van der Waals surface area contributed by atoms with Crippen molar-refractivity contribution >= 4 is 11.9 Å². The van der Waals surface area contributed by atoms with Crippen LogP contribution >= 0.6 is 0 Å². The van der Waals surface area contributed by atoms with Gasteiger partial charge in [-0.05, 0) is 89.9 Å². The van der Waals surface area contributed by atoms with Gasteiger partial charge in [0, 0.05) is 12.8 Å². The maximum absolute atomic E-state index is 13.0. The number of allylic oxidation sites excluding steroid dienone is 7. The first-order valence-corrected chi connectivity index (χ1v) is 36.9. The van der Waals surface area contributed by atoms with Crippen molar-refractivity contribution in [1.29, 1.82) is 0 Å². The van der Waals surface area contributed by atoms with Crippen molar-refractivity contribution in [2.75, 3.05) is 19.8 Å². The highest BCUT2D eigenvalue weighted by Crippen LogP contribution is 2.23. The highest BCUT2D eigenvalue weighted by atomic mass is 16.7. The van der Waals surface area contributed by atoms with E-state index >= 15 is 0 Å². The first kappa shape index (κ1) is 81.6. The SMILES string of the molecule is CCCCC/C=C\C/C=C\CCCCCCCCCC(=O)OCCCCCCCCCCCCCC/C=C\CCCCCCCCCCCCCCCCCCC(=O)NC(COC1OC(CO)C(O)C(O)C1O)C(O)/C=C/CCCCCCCCC. The summed E-state index contributed by atoms with van der Waals surface area (Å²) < 4.78 is 16.7. The zero-order valence-corrected chi connectivity index (χ0v) is 56.0. The van der Waals surface area contributed by atoms with Crippen LogP contribution in [0, 0.1) is 0 Å². The predicted octanol–water partition coefficient (Wildman–Crippen LogP) is 19.1. The lowest BCUT2D eigenvalue weighted by atomic mass is 9.99. The fourth-order valence-corrected chi connectivity index (χ4v) is 11.6. The molecular weight excluding hydrogens is 1070 g/mol. The number of rotatable bonds is 65. The van der Waals surface area contributed by atoms with Gasteiger partial charge in [0.1, 0.15) is 24.4 Å². The number of aliphatic hydroxyl groups is 5. The van der Waals surface area contributed by atoms with Crippen molar-refractivity contribution in [3.8, 4) is 0 Å². The van der Waals surface area contributed by atoms with Gasteiger partial charge in [0.25, 0.3) is 0 Å². The first-order valence-electron chi connectivity index (χ1n) is 36.9. The van der Waals surface area contributed by atoms with Gasteiger partial charge in [0.15, 0.2) is 6.29 Å². The van der Waals surface area contributed by atoms with E-state index in [9.17, 15) is 35.1 Å². The average Bonchev–Trinajstić information content (AvgIpc) is 3.72. The molecular formula is C75H139NO10. The van der Waals surface area contributed by atoms with E-state index in [0.717, 1.165) is 64.2 Å². The van der Waals surface area contributed by atoms with Crippen LogP contribution < -0.4 is 5.32 Å². The molecule has 1 amide bonds. The Bertz CT molecular complexity index is 1570. The quantitative estimate of drug-likeness (QED) is 0.0195. The van der Waals surface area contributed by atoms with Crippen LogP contribution in [-0.2, 0) is 23.8 Å². The molecule has 504 valence electrons. The minimum Gasteiger partial charge on any atom is -0.466 e. The standard InChI is InChI=1S/C75H139NO10/c1-3-5-7-9-11-13-14-15-16-33-37-40-43-47-51-55-59-63-71(80)84-64-60-56-52-48-44-41-38-35-32-30-28-26-24-22-20-18-17-19-21-23-25-27-29-31-34-36-39-42-46-50-54-58-62-70(79)76-67(68(78)61-57-53-49-45-12-10-8-6-4-2)66-85-75-74(83)73(82)72(81)69(65-77)86-75/h11,13,15-16,20,22,57,61,67-69,72-75,77-78,81-83H,3-10,12,14,17-19,21,23-56,58-60,62-66H2,1-2H3,(H,76,79)/b13-11-,16-15-,22-20-,61-57+. The zero-order valence-electron chi connectivity index (χ0n) is 56.0. The Labute approximate surface area is 529 Å². The Kier molecular flexibility index (Phi) is 60.9. The first-order chi connectivity index (χ1) is 42.2. The average molecular weight is 1210 g/mol. The Morgan fingerprint density at radius 1 is 0.430 bits per heavy atom. The van der Waals surface area contributed by atoms with Gasteiger partial charge in [0.2, 0.25) is 5.91 Å². The van der Waals surface area contributed by atoms with E-state index in [-0.39, 0.29) is 18.5 Å². The third-order valence-electron chi connectivity index (χ3n) is 17.4. The number of esters is 1. The van der Waals surface area contributed by atoms with E-state index in [1.807, 2.05) is 6.08 Å². The fraction of sp³-hybridized carbons (Fsp3) is 0.867. The van der Waals surface area contributed by atoms with Gasteiger partial charge in [-0.25, -0.2) is 0 Å². The number of hydrogen-bond donors (Lipinski definition) is 6. The van der Waals surface area contributed by atoms with E-state index < -0.39 is 49.5 Å². The van der Waals surface area contributed by atoms with Crippen molar-refractivity contribution in [2.45, 2.75) is 397 Å². The molecule has 11 nitrogen and oxygen atoms in total. The minimum absolute atomic E-state index is 0.00291. The number of unbranched alkanes of at least 4 members (excludes halogenated alkanes) is 45. The summed E-state index contributed by atoms with van der Waals surface area (Å²) in [5, 5.41) is 54.3. The Morgan fingerprint density at radius 2 is 0.779 bits per heavy atom. The van der Waals surface area contributed by atoms with E-state index in [2.05, 4.69) is 55.6 Å². The Morgan fingerprint density at radius 3 is 1.21 bits per heavy atom. The van der Waals surface area contributed by atoms with Gasteiger partial charge >= 0.3 is 5.97 Å². The van der Waals surface area contributed by atoms with Crippen LogP contribution in [0.1, 0.15) is 354 Å². The molecule has 7 unspecified atom stereocenters. The third kappa shape index (κ3) is 52.4. The predicted molar refractivity (Wildman–Crippen MR) is 361 cm³/mol. The molecule has 11 heteroatoms. The van der Waals surface area contributed by atoms with E-state index in [0.29, 0.717) is 19.4 Å². The fourth-order valence-electron chi connectivity index (χ4n) is 11.6. The van der Waals surface area contributed by atoms with Crippen LogP contribution in [-0.4, -0.2) is 100 Å². The van der Waals surface area contributed by atoms with E-state index in [1.165, 1.54) is 263 Å². The summed E-state index contributed by atoms with van der Waals surface area (Å²) >= 11 is 0. The largest absolute Gasteiger partial charge is 0.466 e. The zero-order chi connectivity index (χ0) is 62.3. The number of nitrogens with one attached hydrogen (secondary N) is 1. The van der Waals surface area contributed by atoms with Crippen molar-refractivity contribution in [1.82, 2.24) is 5.32 Å². The van der Waals surface area contributed by atoms with E-state index in [1.54, 1.807) is 6.08 Å². The van der Waals surface area contributed by atoms with Crippen molar-refractivity contribution < 1.29 is 49.3 Å². The second-order valence-electron chi connectivity index (χ2n) is 25.6. The van der Waals surface area contributed by atoms with Gasteiger partial charge < -0.3 is 45.1 Å². The van der Waals surface area contributed by atoms with Crippen LogP contribution in [0.15, 0.2) is 48.6 Å². The number of hydrogen-bond acceptors (Lipinski definition) is 10. The molecule has 1 fully saturated rings. The summed E-state index contributed by atoms with van der Waals surface area (Å²) in [5.74, 6) is -0.177. The molecule has 1 saturated heterocycles. The number of ether oxygens (including phenoxy) is 3. The Balaban J connectivity index is 1.89. The highest BCUT2D eigenvalue weighted by Gasteiger charge is 2.44. The van der Waals surface area contributed by atoms with Gasteiger partial charge in [-0.3, -0.25) is 9.59 Å². The normalized spacial score (nSPS) is 18.2. The lowest BCUT2D eigenvalue weighted by Gasteiger charge is -2.40. The Hall–Kier alpha value is -2.38. The second kappa shape index (κ2) is 64.2. The van der Waals surface area contributed by atoms with Crippen molar-refractivity contribution in [2.24, 2.45) is 0 Å². The molecule has 0 bridgehead atoms. The molecule has 0 aliphatic carbocycles. The van der Waals surface area contributed by atoms with Crippen LogP contribution in [0.2, 0.25) is 0 Å². The number of amides is 1. The summed E-state index contributed by atoms with van der Waals surface area (Å²) in [6.45, 7) is 4.32. The van der Waals surface area contributed by atoms with Crippen LogP contribution in [0.5, 0.6) is 0 Å². The highest BCUT2D eigenvalue weighted by molar-refractivity contribution is 5.76. The molecule has 0 aromatic carbocycles. The van der Waals surface area contributed by atoms with Crippen molar-refractivity contribution in [3.63, 3.8) is 0 Å². The van der Waals surface area contributed by atoms with Crippen LogP contribution in [0.4, 0.5) is 0 Å². The number of carbonyl (C=O) groups excluding carboxylic acids is 2. The topological polar surface area (TPSA) is 175 Å². The maximum atomic E-state index is 13.0. The van der Waals surface area contributed by atoms with Crippen molar-refractivity contribution in [3.05, 3.63) is 48.6 Å². The molecule has 0 aromatic heterocycles. The molecule has 6 N–H and O–H groups in total. The van der Waals surface area contributed by atoms with Gasteiger partial charge in [-0.2, -0.15) is 0 Å². The molecule has 1 aliphatic heterocycles. The van der Waals surface area contributed by atoms with Crippen LogP contribution in [0.25, 0.3) is 0 Å². The van der Waals surface area contributed by atoms with E-state index in [4.69, 9.17) is 14.2 Å². The minimum atomic E-state index is -1.57. The van der Waals surface area contributed by atoms with Gasteiger partial charge in [0.05, 0.1) is 32.0 Å². The third-order valence-corrected chi connectivity index (χ3v) is 17.4. The monoisotopic (exact) mass is 1210 g/mol. The molecule has 0 spiro atoms. The number of aliphatic hydroxyl groups excluding tert-OH is 5. The second-order valence-corrected chi connectivity index (χ2v) is 25.6. The number of carbonyl (C=O) groups is 2. The molecule has 1 rings (SSSR count). The summed E-state index contributed by atoms with van der Waals surface area (Å²) in [5.41, 5.74) is 0. The molecule has 86 heavy (non-hydrogen) atoms. The maximum Gasteiger partial charge on any atom is 0.305 e. The summed E-state index contributed by atoms with van der Waals surface area (Å²) in [6.07, 6.45) is 74.2. The summed E-state index contributed by atoms with van der Waals surface area (Å²) in [6, 6.07) is -0.807. The lowest BCUT2D eigenvalue weighted by molar-refractivity contribution is -0.302. The lowest BCUT2D eigenvalue weighted by Crippen LogP contribution is -2.60. The van der Waals surface area contributed by atoms with Gasteiger partial charge in [-0.15, -0.1) is 0 Å². The molecule has 0 saturated carbocycles. The van der Waals surface area contributed by atoms with Crippen LogP contribution in [0.3, 0.4) is 0 Å². The summed E-state index contributed by atoms with van der Waals surface area (Å²) in [7, 11) is 0. The smallest absolute Gasteiger partial charge is 0.305 e. The summed E-state index contributed by atoms with van der Waals surface area (Å²) in [4.78, 5) is 25.1. The molecule has 1 aliphatic rings. The van der Waals surface area contributed by atoms with Gasteiger partial charge in [-0.1, -0.05) is 300 Å². The molecule has 0 aromatic rings. The molecule has 1 heterocycles. The molecule has 7 atom stereocenters.